The van der Waals surface area contributed by atoms with Crippen LogP contribution in [0.25, 0.3) is 11.1 Å². The van der Waals surface area contributed by atoms with Crippen LogP contribution in [0.4, 0.5) is 0 Å². The van der Waals surface area contributed by atoms with Gasteiger partial charge < -0.3 is 4.74 Å². The van der Waals surface area contributed by atoms with Crippen LogP contribution in [-0.2, 0) is 16.4 Å². The third-order valence-electron chi connectivity index (χ3n) is 5.16. The predicted molar refractivity (Wildman–Crippen MR) is 128 cm³/mol. The van der Waals surface area contributed by atoms with E-state index in [1.165, 1.54) is 12.3 Å². The third kappa shape index (κ3) is 5.83. The maximum Gasteiger partial charge on any atom is 0.242 e. The minimum Gasteiger partial charge on any atom is -0.494 e. The summed E-state index contributed by atoms with van der Waals surface area (Å²) in [6, 6.07) is 24.1. The maximum absolute atomic E-state index is 12.9. The molecule has 0 fully saturated rings. The van der Waals surface area contributed by atoms with Gasteiger partial charge in [0.25, 0.3) is 0 Å². The van der Waals surface area contributed by atoms with Crippen molar-refractivity contribution in [1.29, 1.82) is 0 Å². The van der Waals surface area contributed by atoms with Crippen molar-refractivity contribution in [2.24, 2.45) is 0 Å². The van der Waals surface area contributed by atoms with E-state index in [9.17, 15) is 8.42 Å². The van der Waals surface area contributed by atoms with Crippen molar-refractivity contribution < 1.29 is 13.2 Å². The minimum atomic E-state index is -3.76. The second-order valence-corrected chi connectivity index (χ2v) is 9.19. The number of pyridine rings is 2. The monoisotopic (exact) mass is 459 g/mol. The fraction of sp³-hybridized carbons (Fsp3) is 0.154. The molecule has 1 atom stereocenters. The smallest absolute Gasteiger partial charge is 0.242 e. The van der Waals surface area contributed by atoms with Gasteiger partial charge in [0.1, 0.15) is 10.6 Å². The summed E-state index contributed by atoms with van der Waals surface area (Å²) in [4.78, 5) is 8.44. The molecule has 2 heterocycles. The third-order valence-corrected chi connectivity index (χ3v) is 6.62. The summed E-state index contributed by atoms with van der Waals surface area (Å²) in [6.45, 7) is 2.58. The summed E-state index contributed by atoms with van der Waals surface area (Å²) in [6.07, 6.45) is 4.99. The molecule has 0 aliphatic rings. The SMILES string of the molecule is CCOc1cccc(-c2ccc(CC(NS(=O)(=O)c3cccnc3)c3ccccn3)cc2)c1. The van der Waals surface area contributed by atoms with Crippen LogP contribution in [-0.4, -0.2) is 25.0 Å². The quantitative estimate of drug-likeness (QED) is 0.389. The molecule has 33 heavy (non-hydrogen) atoms. The van der Waals surface area contributed by atoms with E-state index in [2.05, 4.69) is 14.7 Å². The highest BCUT2D eigenvalue weighted by Crippen LogP contribution is 2.26. The van der Waals surface area contributed by atoms with Gasteiger partial charge >= 0.3 is 0 Å². The van der Waals surface area contributed by atoms with E-state index >= 15 is 0 Å². The second kappa shape index (κ2) is 10.4. The van der Waals surface area contributed by atoms with E-state index in [-0.39, 0.29) is 4.90 Å². The summed E-state index contributed by atoms with van der Waals surface area (Å²) >= 11 is 0. The van der Waals surface area contributed by atoms with Crippen molar-refractivity contribution in [2.45, 2.75) is 24.3 Å². The lowest BCUT2D eigenvalue weighted by Crippen LogP contribution is -2.30. The molecule has 7 heteroatoms. The first-order chi connectivity index (χ1) is 16.0. The zero-order valence-electron chi connectivity index (χ0n) is 18.3. The zero-order valence-corrected chi connectivity index (χ0v) is 19.1. The topological polar surface area (TPSA) is 81.2 Å². The minimum absolute atomic E-state index is 0.121. The molecule has 0 aliphatic carbocycles. The largest absolute Gasteiger partial charge is 0.494 e. The number of rotatable bonds is 9. The Labute approximate surface area is 194 Å². The summed E-state index contributed by atoms with van der Waals surface area (Å²) in [5.41, 5.74) is 3.76. The van der Waals surface area contributed by atoms with Gasteiger partial charge in [0, 0.05) is 18.6 Å². The normalized spacial score (nSPS) is 12.3. The molecular weight excluding hydrogens is 434 g/mol. The molecule has 0 spiro atoms. The van der Waals surface area contributed by atoms with Gasteiger partial charge in [0.15, 0.2) is 0 Å². The van der Waals surface area contributed by atoms with Crippen LogP contribution >= 0.6 is 0 Å². The van der Waals surface area contributed by atoms with Gasteiger partial charge in [0.05, 0.1) is 18.3 Å². The molecule has 0 saturated carbocycles. The summed E-state index contributed by atoms with van der Waals surface area (Å²) in [5.74, 6) is 0.833. The van der Waals surface area contributed by atoms with Crippen molar-refractivity contribution in [2.75, 3.05) is 6.61 Å². The number of hydrogen-bond acceptors (Lipinski definition) is 5. The molecule has 6 nitrogen and oxygen atoms in total. The van der Waals surface area contributed by atoms with Gasteiger partial charge in [-0.15, -0.1) is 0 Å². The van der Waals surface area contributed by atoms with Gasteiger partial charge in [-0.2, -0.15) is 0 Å². The summed E-state index contributed by atoms with van der Waals surface area (Å²) < 4.78 is 34.3. The Morgan fingerprint density at radius 2 is 1.76 bits per heavy atom. The standard InChI is InChI=1S/C26H25N3O3S/c1-2-32-23-8-5-7-22(18-23)21-13-11-20(12-14-21)17-26(25-10-3-4-16-28-25)29-33(30,31)24-9-6-15-27-19-24/h3-16,18-19,26,29H,2,17H2,1H3. The van der Waals surface area contributed by atoms with Crippen LogP contribution in [0.5, 0.6) is 5.75 Å². The molecule has 2 aromatic carbocycles. The lowest BCUT2D eigenvalue weighted by atomic mass is 9.99. The van der Waals surface area contributed by atoms with Gasteiger partial charge in [-0.05, 0) is 66.4 Å². The first kappa shape index (κ1) is 22.6. The van der Waals surface area contributed by atoms with Crippen molar-refractivity contribution in [1.82, 2.24) is 14.7 Å². The molecule has 4 rings (SSSR count). The number of hydrogen-bond donors (Lipinski definition) is 1. The van der Waals surface area contributed by atoms with Gasteiger partial charge in [0.2, 0.25) is 10.0 Å². The number of ether oxygens (including phenoxy) is 1. The van der Waals surface area contributed by atoms with Crippen LogP contribution in [0, 0.1) is 0 Å². The molecule has 0 bridgehead atoms. The predicted octanol–water partition coefficient (Wildman–Crippen LogP) is 4.80. The first-order valence-corrected chi connectivity index (χ1v) is 12.2. The summed E-state index contributed by atoms with van der Waals surface area (Å²) in [7, 11) is -3.76. The van der Waals surface area contributed by atoms with Crippen LogP contribution < -0.4 is 9.46 Å². The number of nitrogens with one attached hydrogen (secondary N) is 1. The molecule has 1 unspecified atom stereocenters. The average Bonchev–Trinajstić information content (AvgIpc) is 2.85. The van der Waals surface area contributed by atoms with E-state index in [1.54, 1.807) is 24.5 Å². The van der Waals surface area contributed by atoms with Crippen LogP contribution in [0.2, 0.25) is 0 Å². The number of benzene rings is 2. The first-order valence-electron chi connectivity index (χ1n) is 10.7. The van der Waals surface area contributed by atoms with Crippen molar-refractivity contribution in [3.63, 3.8) is 0 Å². The lowest BCUT2D eigenvalue weighted by Gasteiger charge is -2.19. The van der Waals surface area contributed by atoms with Crippen molar-refractivity contribution >= 4 is 10.0 Å². The van der Waals surface area contributed by atoms with Gasteiger partial charge in [-0.3, -0.25) is 9.97 Å². The molecule has 0 amide bonds. The number of sulfonamides is 1. The fourth-order valence-electron chi connectivity index (χ4n) is 3.55. The van der Waals surface area contributed by atoms with Crippen LogP contribution in [0.1, 0.15) is 24.2 Å². The molecule has 2 aromatic heterocycles. The lowest BCUT2D eigenvalue weighted by molar-refractivity contribution is 0.340. The Kier molecular flexibility index (Phi) is 7.12. The maximum atomic E-state index is 12.9. The fourth-order valence-corrected chi connectivity index (χ4v) is 4.72. The number of aromatic nitrogens is 2. The molecule has 4 aromatic rings. The van der Waals surface area contributed by atoms with Crippen LogP contribution in [0.3, 0.4) is 0 Å². The Bertz CT molecular complexity index is 1280. The van der Waals surface area contributed by atoms with Crippen LogP contribution in [0.15, 0.2) is 102 Å². The van der Waals surface area contributed by atoms with E-state index in [4.69, 9.17) is 4.74 Å². The van der Waals surface area contributed by atoms with Crippen molar-refractivity contribution in [3.8, 4) is 16.9 Å². The Balaban J connectivity index is 1.57. The van der Waals surface area contributed by atoms with Gasteiger partial charge in [-0.1, -0.05) is 42.5 Å². The van der Waals surface area contributed by atoms with E-state index in [0.717, 1.165) is 22.4 Å². The Hall–Kier alpha value is -3.55. The van der Waals surface area contributed by atoms with Gasteiger partial charge in [-0.25, -0.2) is 13.1 Å². The molecule has 168 valence electrons. The molecular formula is C26H25N3O3S. The summed E-state index contributed by atoms with van der Waals surface area (Å²) in [5, 5.41) is 0. The highest BCUT2D eigenvalue weighted by atomic mass is 32.2. The highest BCUT2D eigenvalue weighted by Gasteiger charge is 2.23. The highest BCUT2D eigenvalue weighted by molar-refractivity contribution is 7.89. The van der Waals surface area contributed by atoms with E-state index < -0.39 is 16.1 Å². The average molecular weight is 460 g/mol. The van der Waals surface area contributed by atoms with E-state index in [1.807, 2.05) is 67.6 Å². The van der Waals surface area contributed by atoms with Crippen molar-refractivity contribution in [3.05, 3.63) is 109 Å². The Morgan fingerprint density at radius 1 is 0.909 bits per heavy atom. The zero-order chi connectivity index (χ0) is 23.1. The molecule has 0 saturated heterocycles. The molecule has 1 N–H and O–H groups in total. The molecule has 0 aliphatic heterocycles. The molecule has 0 radical (unpaired) electrons. The Morgan fingerprint density at radius 3 is 2.45 bits per heavy atom. The second-order valence-electron chi connectivity index (χ2n) is 7.48. The van der Waals surface area contributed by atoms with E-state index in [0.29, 0.717) is 18.7 Å². The number of nitrogens with zero attached hydrogens (tertiary/aromatic N) is 2.